The number of hydrogen-bond acceptors (Lipinski definition) is 2. The first-order valence-electron chi connectivity index (χ1n) is 6.16. The fourth-order valence-corrected chi connectivity index (χ4v) is 2.67. The fraction of sp³-hybridized carbons (Fsp3) is 0.0714. The first kappa shape index (κ1) is 17.8. The van der Waals surface area contributed by atoms with Crippen LogP contribution in [0, 0.1) is 18.6 Å². The monoisotopic (exact) mass is 378 g/mol. The zero-order valence-corrected chi connectivity index (χ0v) is 14.0. The summed E-state index contributed by atoms with van der Waals surface area (Å²) in [5, 5.41) is 2.87. The minimum absolute atomic E-state index is 0.144. The number of hydrazone groups is 1. The Kier molecular flexibility index (Phi) is 5.69. The van der Waals surface area contributed by atoms with Crippen molar-refractivity contribution in [2.24, 2.45) is 5.10 Å². The molecule has 4 nitrogen and oxygen atoms in total. The molecule has 0 fully saturated rings. The molecular weight excluding hydrogens is 369 g/mol. The third-order valence-electron chi connectivity index (χ3n) is 2.79. The summed E-state index contributed by atoms with van der Waals surface area (Å²) in [6.45, 7) is 1.83. The van der Waals surface area contributed by atoms with Crippen molar-refractivity contribution in [2.45, 2.75) is 6.92 Å². The molecule has 0 aromatic heterocycles. The van der Waals surface area contributed by atoms with Crippen LogP contribution in [-0.4, -0.2) is 13.9 Å². The van der Waals surface area contributed by atoms with Gasteiger partial charge in [-0.05, 0) is 31.2 Å². The molecule has 0 radical (unpaired) electrons. The molecule has 2 aromatic carbocycles. The zero-order valence-electron chi connectivity index (χ0n) is 11.6. The van der Waals surface area contributed by atoms with Crippen LogP contribution in [0.4, 0.5) is 14.5 Å². The highest BCUT2D eigenvalue weighted by atomic mass is 35.5. The molecule has 0 heterocycles. The molecule has 0 saturated heterocycles. The maximum absolute atomic E-state index is 13.8. The Morgan fingerprint density at radius 1 is 1.22 bits per heavy atom. The summed E-state index contributed by atoms with van der Waals surface area (Å²) in [6.07, 6.45) is 0. The second-order valence-electron chi connectivity index (χ2n) is 4.47. The van der Waals surface area contributed by atoms with Crippen LogP contribution < -0.4 is 4.41 Å². The number of aryl methyl sites for hydroxylation is 1. The van der Waals surface area contributed by atoms with E-state index in [2.05, 4.69) is 5.10 Å². The van der Waals surface area contributed by atoms with Crippen LogP contribution in [0.25, 0.3) is 0 Å². The van der Waals surface area contributed by atoms with Gasteiger partial charge in [0.05, 0.1) is 11.3 Å². The summed E-state index contributed by atoms with van der Waals surface area (Å²) in [5.74, 6) is -2.06. The second-order valence-corrected chi connectivity index (χ2v) is 6.08. The van der Waals surface area contributed by atoms with Gasteiger partial charge in [-0.3, -0.25) is 4.55 Å². The van der Waals surface area contributed by atoms with Gasteiger partial charge in [-0.15, -0.1) is 5.10 Å². The van der Waals surface area contributed by atoms with E-state index in [0.29, 0.717) is 4.41 Å². The number of hydrogen-bond donors (Lipinski definition) is 1. The lowest BCUT2D eigenvalue weighted by molar-refractivity contribution is 0.559. The van der Waals surface area contributed by atoms with Crippen LogP contribution in [-0.2, 0) is 11.3 Å². The van der Waals surface area contributed by atoms with Gasteiger partial charge >= 0.3 is 0 Å². The normalized spacial score (nSPS) is 13.0. The fourth-order valence-electron chi connectivity index (χ4n) is 1.72. The highest BCUT2D eigenvalue weighted by molar-refractivity contribution is 7.80. The topological polar surface area (TPSA) is 52.9 Å². The molecule has 0 aliphatic heterocycles. The maximum atomic E-state index is 13.8. The SMILES string of the molecule is Cc1ccc(N(/N=C(\Cl)c2c(F)cc(Cl)cc2F)S(=O)O)cc1. The highest BCUT2D eigenvalue weighted by Gasteiger charge is 2.19. The lowest BCUT2D eigenvalue weighted by Gasteiger charge is -2.15. The Bertz CT molecular complexity index is 762. The molecule has 0 spiro atoms. The molecule has 23 heavy (non-hydrogen) atoms. The largest absolute Gasteiger partial charge is 0.288 e. The molecule has 0 saturated carbocycles. The Balaban J connectivity index is 2.48. The molecule has 1 N–H and O–H groups in total. The van der Waals surface area contributed by atoms with Crippen LogP contribution in [0.2, 0.25) is 5.02 Å². The number of nitrogens with zero attached hydrogens (tertiary/aromatic N) is 2. The third-order valence-corrected chi connectivity index (χ3v) is 3.87. The second kappa shape index (κ2) is 7.35. The lowest BCUT2D eigenvalue weighted by Crippen LogP contribution is -2.20. The lowest BCUT2D eigenvalue weighted by atomic mass is 10.2. The average molecular weight is 379 g/mol. The molecule has 1 atom stereocenters. The Morgan fingerprint density at radius 3 is 2.22 bits per heavy atom. The molecule has 0 aliphatic rings. The standard InChI is InChI=1S/C14H10Cl2F2N2O2S/c1-8-2-4-10(5-3-8)20(23(21)22)19-14(16)13-11(17)6-9(15)7-12(13)18/h2-7H,1H3,(H,21,22)/b19-14-. The van der Waals surface area contributed by atoms with Crippen molar-refractivity contribution in [3.05, 3.63) is 64.2 Å². The van der Waals surface area contributed by atoms with Crippen molar-refractivity contribution in [1.29, 1.82) is 0 Å². The van der Waals surface area contributed by atoms with Gasteiger partial charge in [-0.2, -0.15) is 4.41 Å². The van der Waals surface area contributed by atoms with Gasteiger partial charge in [-0.25, -0.2) is 13.0 Å². The summed E-state index contributed by atoms with van der Waals surface area (Å²) >= 11 is 8.78. The van der Waals surface area contributed by atoms with Gasteiger partial charge in [0.25, 0.3) is 11.3 Å². The predicted octanol–water partition coefficient (Wildman–Crippen LogP) is 4.47. The minimum atomic E-state index is -2.58. The molecule has 2 rings (SSSR count). The molecule has 9 heteroatoms. The van der Waals surface area contributed by atoms with Crippen LogP contribution >= 0.6 is 23.2 Å². The van der Waals surface area contributed by atoms with Crippen molar-refractivity contribution in [1.82, 2.24) is 0 Å². The van der Waals surface area contributed by atoms with Gasteiger partial charge < -0.3 is 0 Å². The van der Waals surface area contributed by atoms with E-state index in [1.807, 2.05) is 6.92 Å². The quantitative estimate of drug-likeness (QED) is 0.484. The van der Waals surface area contributed by atoms with Crippen LogP contribution in [0.1, 0.15) is 11.1 Å². The maximum Gasteiger partial charge on any atom is 0.283 e. The number of benzene rings is 2. The Hall–Kier alpha value is -1.54. The van der Waals surface area contributed by atoms with E-state index in [1.165, 1.54) is 12.1 Å². The van der Waals surface area contributed by atoms with Gasteiger partial charge in [0.2, 0.25) is 0 Å². The smallest absolute Gasteiger partial charge is 0.283 e. The molecule has 0 aliphatic carbocycles. The molecular formula is C14H10Cl2F2N2O2S. The molecule has 2 aromatic rings. The number of rotatable bonds is 4. The molecule has 122 valence electrons. The van der Waals surface area contributed by atoms with Crippen LogP contribution in [0.5, 0.6) is 0 Å². The van der Waals surface area contributed by atoms with E-state index in [1.54, 1.807) is 12.1 Å². The summed E-state index contributed by atoms with van der Waals surface area (Å²) < 4.78 is 49.1. The van der Waals surface area contributed by atoms with Crippen molar-refractivity contribution in [3.63, 3.8) is 0 Å². The van der Waals surface area contributed by atoms with Crippen molar-refractivity contribution < 1.29 is 17.5 Å². The highest BCUT2D eigenvalue weighted by Crippen LogP contribution is 2.23. The van der Waals surface area contributed by atoms with Crippen LogP contribution in [0.3, 0.4) is 0 Å². The number of halogens is 4. The van der Waals surface area contributed by atoms with E-state index in [4.69, 9.17) is 23.2 Å². The van der Waals surface area contributed by atoms with Crippen molar-refractivity contribution >= 4 is 45.3 Å². The van der Waals surface area contributed by atoms with E-state index >= 15 is 0 Å². The van der Waals surface area contributed by atoms with Gasteiger partial charge in [0, 0.05) is 5.02 Å². The van der Waals surface area contributed by atoms with Gasteiger partial charge in [0.1, 0.15) is 11.6 Å². The summed E-state index contributed by atoms with van der Waals surface area (Å²) in [7, 11) is 0. The molecule has 1 unspecified atom stereocenters. The third kappa shape index (κ3) is 4.26. The van der Waals surface area contributed by atoms with Crippen molar-refractivity contribution in [3.8, 4) is 0 Å². The Morgan fingerprint density at radius 2 is 1.74 bits per heavy atom. The van der Waals surface area contributed by atoms with Crippen molar-refractivity contribution in [2.75, 3.05) is 4.41 Å². The predicted molar refractivity (Wildman–Crippen MR) is 88.2 cm³/mol. The molecule has 0 bridgehead atoms. The zero-order chi connectivity index (χ0) is 17.1. The van der Waals surface area contributed by atoms with E-state index in [9.17, 15) is 17.5 Å². The first-order chi connectivity index (χ1) is 10.8. The van der Waals surface area contributed by atoms with Gasteiger partial charge in [0.15, 0.2) is 5.17 Å². The first-order valence-corrected chi connectivity index (χ1v) is 7.98. The summed E-state index contributed by atoms with van der Waals surface area (Å²) in [6, 6.07) is 8.13. The number of anilines is 1. The van der Waals surface area contributed by atoms with Gasteiger partial charge in [-0.1, -0.05) is 40.9 Å². The van der Waals surface area contributed by atoms with E-state index in [0.717, 1.165) is 17.7 Å². The Labute approximate surface area is 143 Å². The minimum Gasteiger partial charge on any atom is -0.288 e. The molecule has 0 amide bonds. The van der Waals surface area contributed by atoms with Crippen LogP contribution in [0.15, 0.2) is 41.5 Å². The summed E-state index contributed by atoms with van der Waals surface area (Å²) in [5.41, 5.74) is 0.505. The van der Waals surface area contributed by atoms with E-state index < -0.39 is 33.6 Å². The summed E-state index contributed by atoms with van der Waals surface area (Å²) in [4.78, 5) is 0. The average Bonchev–Trinajstić information content (AvgIpc) is 2.44. The van der Waals surface area contributed by atoms with E-state index in [-0.39, 0.29) is 10.7 Å².